The number of hydrogen-bond donors (Lipinski definition) is 2. The second-order valence-electron chi connectivity index (χ2n) is 15.9. The van der Waals surface area contributed by atoms with E-state index in [1.807, 2.05) is 4.72 Å². The molecule has 1 fully saturated rings. The molecule has 5 aromatic rings. The van der Waals surface area contributed by atoms with Crippen molar-refractivity contribution in [2.75, 3.05) is 11.0 Å². The Bertz CT molecular complexity index is 2980. The maximum Gasteiger partial charge on any atom is 0.408 e. The van der Waals surface area contributed by atoms with Crippen LogP contribution >= 0.6 is 11.6 Å². The minimum Gasteiger partial charge on any atom is -0.346 e. The lowest BCUT2D eigenvalue weighted by atomic mass is 9.93. The topological polar surface area (TPSA) is 158 Å². The van der Waals surface area contributed by atoms with Gasteiger partial charge in [0, 0.05) is 29.2 Å². The van der Waals surface area contributed by atoms with E-state index in [1.54, 1.807) is 0 Å². The molecule has 1 amide bonds. The fourth-order valence-corrected chi connectivity index (χ4v) is 10.1. The van der Waals surface area contributed by atoms with Crippen molar-refractivity contribution in [3.8, 4) is 23.0 Å². The summed E-state index contributed by atoms with van der Waals surface area (Å²) in [4.78, 5) is 18.6. The highest BCUT2D eigenvalue weighted by Gasteiger charge is 2.47. The quantitative estimate of drug-likeness (QED) is 0.0890. The molecule has 2 aromatic carbocycles. The Hall–Kier alpha value is -5.34. The van der Waals surface area contributed by atoms with E-state index >= 15 is 8.78 Å². The highest BCUT2D eigenvalue weighted by molar-refractivity contribution is 7.93. The fourth-order valence-electron chi connectivity index (χ4n) is 7.57. The molecule has 0 bridgehead atoms. The maximum absolute atomic E-state index is 15.1. The van der Waals surface area contributed by atoms with Crippen molar-refractivity contribution in [2.24, 2.45) is 0 Å². The van der Waals surface area contributed by atoms with E-state index in [-0.39, 0.29) is 38.5 Å². The highest BCUT2D eigenvalue weighted by atomic mass is 35.5. The summed E-state index contributed by atoms with van der Waals surface area (Å²) in [6.45, 7) is -0.145. The Morgan fingerprint density at radius 3 is 2.23 bits per heavy atom. The van der Waals surface area contributed by atoms with Crippen LogP contribution in [0.5, 0.6) is 0 Å². The second kappa shape index (κ2) is 16.6. The molecule has 24 heteroatoms. The molecule has 1 atom stereocenters. The summed E-state index contributed by atoms with van der Waals surface area (Å²) in [6.07, 6.45) is -8.54. The van der Waals surface area contributed by atoms with Gasteiger partial charge in [-0.05, 0) is 81.3 Å². The zero-order chi connectivity index (χ0) is 46.9. The van der Waals surface area contributed by atoms with Crippen LogP contribution < -0.4 is 10.0 Å². The van der Waals surface area contributed by atoms with Gasteiger partial charge < -0.3 is 5.32 Å². The molecule has 0 saturated heterocycles. The summed E-state index contributed by atoms with van der Waals surface area (Å²) < 4.78 is 182. The Labute approximate surface area is 364 Å². The number of carbonyl (C=O) groups excluding carboxylic acids is 1. The molecule has 2 N–H and O–H groups in total. The number of nitrogens with zero attached hydrogens (tertiary/aromatic N) is 5. The van der Waals surface area contributed by atoms with Crippen molar-refractivity contribution in [2.45, 2.75) is 93.6 Å². The molecular weight excluding hydrogens is 929 g/mol. The molecule has 3 aromatic heterocycles. The van der Waals surface area contributed by atoms with E-state index in [4.69, 9.17) is 11.6 Å². The Morgan fingerprint density at radius 1 is 0.969 bits per heavy atom. The van der Waals surface area contributed by atoms with Crippen LogP contribution in [-0.2, 0) is 56.5 Å². The molecule has 0 radical (unpaired) electrons. The van der Waals surface area contributed by atoms with Gasteiger partial charge in [-0.25, -0.2) is 39.4 Å². The predicted molar refractivity (Wildman–Crippen MR) is 216 cm³/mol. The number of fused-ring (bicyclic) bond motifs is 2. The number of benzene rings is 2. The van der Waals surface area contributed by atoms with Crippen LogP contribution in [0.1, 0.15) is 79.5 Å². The van der Waals surface area contributed by atoms with Gasteiger partial charge in [0.15, 0.2) is 15.7 Å². The molecule has 0 aliphatic heterocycles. The molecule has 64 heavy (non-hydrogen) atoms. The first-order valence-electron chi connectivity index (χ1n) is 19.2. The summed E-state index contributed by atoms with van der Waals surface area (Å²) in [6, 6.07) is 5.64. The number of hydrogen-bond acceptors (Lipinski definition) is 8. The van der Waals surface area contributed by atoms with E-state index in [2.05, 4.69) is 32.3 Å². The summed E-state index contributed by atoms with van der Waals surface area (Å²) in [7, 11) is -7.97. The number of sulfonamides is 1. The summed E-state index contributed by atoms with van der Waals surface area (Å²) >= 11 is 6.49. The monoisotopic (exact) mass is 963 g/mol. The third kappa shape index (κ3) is 9.68. The molecule has 12 nitrogen and oxygen atoms in total. The zero-order valence-electron chi connectivity index (χ0n) is 33.6. The molecule has 7 rings (SSSR count). The number of anilines is 1. The normalized spacial score (nSPS) is 15.8. The van der Waals surface area contributed by atoms with E-state index in [0.717, 1.165) is 12.1 Å². The van der Waals surface area contributed by atoms with E-state index in [0.29, 0.717) is 34.5 Å². The number of alkyl halides is 7. The van der Waals surface area contributed by atoms with Crippen LogP contribution in [0.4, 0.5) is 45.3 Å². The Morgan fingerprint density at radius 2 is 1.62 bits per heavy atom. The zero-order valence-corrected chi connectivity index (χ0v) is 36.0. The number of sulfone groups is 1. The molecule has 0 unspecified atom stereocenters. The van der Waals surface area contributed by atoms with E-state index in [9.17, 15) is 52.4 Å². The molecule has 2 aliphatic carbocycles. The molecular formula is C40H35ClF9N7O5S2. The van der Waals surface area contributed by atoms with Crippen LogP contribution in [0, 0.1) is 23.5 Å². The van der Waals surface area contributed by atoms with E-state index < -0.39 is 133 Å². The van der Waals surface area contributed by atoms with Crippen LogP contribution in [-0.4, -0.2) is 69.7 Å². The Balaban J connectivity index is 1.45. The first kappa shape index (κ1) is 46.6. The van der Waals surface area contributed by atoms with Crippen molar-refractivity contribution < 1.29 is 61.1 Å². The number of carbonyl (C=O) groups is 1. The van der Waals surface area contributed by atoms with Crippen molar-refractivity contribution in [1.29, 1.82) is 0 Å². The summed E-state index contributed by atoms with van der Waals surface area (Å²) in [5, 5.41) is 8.81. The van der Waals surface area contributed by atoms with Gasteiger partial charge in [0.05, 0.1) is 39.2 Å². The van der Waals surface area contributed by atoms with Crippen molar-refractivity contribution in [3.05, 3.63) is 93.0 Å². The number of nitrogens with one attached hydrogen (secondary N) is 2. The van der Waals surface area contributed by atoms with Gasteiger partial charge in [-0.3, -0.25) is 18.9 Å². The lowest BCUT2D eigenvalue weighted by molar-refractivity contribution is -0.141. The van der Waals surface area contributed by atoms with Crippen LogP contribution in [0.3, 0.4) is 0 Å². The smallest absolute Gasteiger partial charge is 0.346 e. The highest BCUT2D eigenvalue weighted by Crippen LogP contribution is 2.45. The average Bonchev–Trinajstić information content (AvgIpc) is 3.79. The largest absolute Gasteiger partial charge is 0.408 e. The lowest BCUT2D eigenvalue weighted by Crippen LogP contribution is -2.35. The van der Waals surface area contributed by atoms with Crippen molar-refractivity contribution >= 4 is 54.1 Å². The fraction of sp³-hybridized carbons (Fsp3) is 0.400. The summed E-state index contributed by atoms with van der Waals surface area (Å²) in [5.41, 5.74) is -3.66. The minimum absolute atomic E-state index is 0.139. The number of rotatable bonds is 13. The average molecular weight is 964 g/mol. The molecule has 1 saturated carbocycles. The molecule has 2 aliphatic rings. The van der Waals surface area contributed by atoms with Gasteiger partial charge in [0.1, 0.15) is 46.6 Å². The van der Waals surface area contributed by atoms with Crippen LogP contribution in [0.25, 0.3) is 22.0 Å². The first-order valence-corrected chi connectivity index (χ1v) is 23.0. The van der Waals surface area contributed by atoms with Gasteiger partial charge in [0.25, 0.3) is 12.3 Å². The first-order chi connectivity index (χ1) is 29.6. The SMILES string of the molecule is CC(C)(C#Cc1ccc(-c2ccc(Cl)c3c(NS(C)(=O)=O)nn(CC(F)(F)F)c23)c([C@H](Cc2cc(F)cc(F)c2)NC(=O)Cn2nc(C(F)F)c3c2C(F)(F)CC3)n1)S(=O)(=O)C1CC1. The predicted octanol–water partition coefficient (Wildman–Crippen LogP) is 7.94. The molecule has 3 heterocycles. The minimum atomic E-state index is -4.96. The van der Waals surface area contributed by atoms with Crippen LogP contribution in [0.2, 0.25) is 5.02 Å². The second-order valence-corrected chi connectivity index (χ2v) is 20.9. The third-order valence-corrected chi connectivity index (χ3v) is 14.2. The van der Waals surface area contributed by atoms with Crippen LogP contribution in [0.15, 0.2) is 42.5 Å². The third-order valence-electron chi connectivity index (χ3n) is 10.5. The Kier molecular flexibility index (Phi) is 12.1. The van der Waals surface area contributed by atoms with Crippen molar-refractivity contribution in [1.82, 2.24) is 29.9 Å². The number of pyridine rings is 1. The summed E-state index contributed by atoms with van der Waals surface area (Å²) in [5.74, 6) is -2.18. The van der Waals surface area contributed by atoms with Gasteiger partial charge >= 0.3 is 6.18 Å². The number of halogens is 10. The maximum atomic E-state index is 15.1. The van der Waals surface area contributed by atoms with E-state index in [1.165, 1.54) is 38.1 Å². The van der Waals surface area contributed by atoms with Gasteiger partial charge in [-0.2, -0.15) is 32.1 Å². The number of aromatic nitrogens is 5. The van der Waals surface area contributed by atoms with Gasteiger partial charge in [-0.1, -0.05) is 23.6 Å². The lowest BCUT2D eigenvalue weighted by Gasteiger charge is -2.23. The van der Waals surface area contributed by atoms with Gasteiger partial charge in [0.2, 0.25) is 15.9 Å². The molecule has 342 valence electrons. The molecule has 0 spiro atoms. The van der Waals surface area contributed by atoms with Gasteiger partial charge in [-0.15, -0.1) is 0 Å². The number of amides is 1. The van der Waals surface area contributed by atoms with Crippen molar-refractivity contribution in [3.63, 3.8) is 0 Å². The standard InChI is InChI=1S/C40H35ClF9N7O5S2/c1-38(2,64(61,62)24-5-6-24)12-10-23-4-7-25(26-8-9-28(41)31-34(26)57(19-40(48,49)50)54-37(31)55-63(3,59)60)32(51-23)29(16-20-14-21(42)17-22(43)15-20)52-30(58)18-56-35-27(11-13-39(35,46)47)33(53-56)36(44)45/h4,7-9,14-15,17,24,29,36H,5-6,11,13,16,18-19H2,1-3H3,(H,52,58)(H,54,55)/t29-/m0/s1.